The molecule has 1 aromatic rings. The Morgan fingerprint density at radius 1 is 1.38 bits per heavy atom. The third-order valence-electron chi connectivity index (χ3n) is 2.61. The number of carbonyl (C=O) groups excluding carboxylic acids is 1. The Bertz CT molecular complexity index is 358. The molecule has 4 heteroatoms. The molecule has 0 aromatic heterocycles. The lowest BCUT2D eigenvalue weighted by Crippen LogP contribution is -2.40. The number of anilines is 1. The van der Waals surface area contributed by atoms with Gasteiger partial charge in [0.2, 0.25) is 5.91 Å². The molecule has 0 unspecified atom stereocenters. The average Bonchev–Trinajstić information content (AvgIpc) is 2.25. The fourth-order valence-electron chi connectivity index (χ4n) is 1.55. The summed E-state index contributed by atoms with van der Waals surface area (Å²) in [6.07, 6.45) is 0.434. The van der Waals surface area contributed by atoms with E-state index in [0.29, 0.717) is 12.5 Å². The van der Waals surface area contributed by atoms with Gasteiger partial charge in [-0.25, -0.2) is 0 Å². The first-order valence-electron chi connectivity index (χ1n) is 5.42. The van der Waals surface area contributed by atoms with Crippen LogP contribution in [0.3, 0.4) is 0 Å². The molecule has 86 valence electrons. The van der Waals surface area contributed by atoms with Gasteiger partial charge in [0.25, 0.3) is 0 Å². The van der Waals surface area contributed by atoms with E-state index in [9.17, 15) is 4.79 Å². The van der Waals surface area contributed by atoms with Gasteiger partial charge in [-0.3, -0.25) is 4.79 Å². The molecule has 2 N–H and O–H groups in total. The van der Waals surface area contributed by atoms with Gasteiger partial charge < -0.3 is 15.4 Å². The van der Waals surface area contributed by atoms with Crippen LogP contribution < -0.4 is 10.6 Å². The molecule has 0 bridgehead atoms. The molecule has 0 radical (unpaired) electrons. The zero-order valence-corrected chi connectivity index (χ0v) is 9.32. The van der Waals surface area contributed by atoms with Crippen LogP contribution in [0.2, 0.25) is 0 Å². The molecular formula is C12H16N2O2. The summed E-state index contributed by atoms with van der Waals surface area (Å²) in [5, 5.41) is 5.95. The monoisotopic (exact) mass is 220 g/mol. The molecule has 0 atom stereocenters. The lowest BCUT2D eigenvalue weighted by molar-refractivity contribution is -0.119. The zero-order chi connectivity index (χ0) is 11.4. The van der Waals surface area contributed by atoms with Crippen LogP contribution in [-0.4, -0.2) is 32.2 Å². The first-order valence-corrected chi connectivity index (χ1v) is 5.42. The summed E-state index contributed by atoms with van der Waals surface area (Å²) in [7, 11) is 1.65. The van der Waals surface area contributed by atoms with Crippen LogP contribution in [0, 0.1) is 0 Å². The van der Waals surface area contributed by atoms with E-state index in [1.54, 1.807) is 7.05 Å². The smallest absolute Gasteiger partial charge is 0.224 e. The Labute approximate surface area is 95.0 Å². The minimum Gasteiger partial charge on any atom is -0.378 e. The standard InChI is InChI=1S/C12H16N2O2/c1-13-12(15)6-9-2-4-10(5-3-9)14-11-7-16-8-11/h2-5,11,14H,6-8H2,1H3,(H,13,15). The number of hydrogen-bond acceptors (Lipinski definition) is 3. The second-order valence-electron chi connectivity index (χ2n) is 3.93. The highest BCUT2D eigenvalue weighted by molar-refractivity contribution is 5.78. The maximum atomic E-state index is 11.2. The van der Waals surface area contributed by atoms with E-state index in [1.807, 2.05) is 24.3 Å². The number of ether oxygens (including phenoxy) is 1. The van der Waals surface area contributed by atoms with Crippen molar-refractivity contribution in [2.24, 2.45) is 0 Å². The highest BCUT2D eigenvalue weighted by atomic mass is 16.5. The summed E-state index contributed by atoms with van der Waals surface area (Å²) in [6, 6.07) is 8.37. The van der Waals surface area contributed by atoms with Crippen molar-refractivity contribution >= 4 is 11.6 Å². The van der Waals surface area contributed by atoms with E-state index in [4.69, 9.17) is 4.74 Å². The largest absolute Gasteiger partial charge is 0.378 e. The molecule has 0 aliphatic carbocycles. The first-order chi connectivity index (χ1) is 7.78. The summed E-state index contributed by atoms with van der Waals surface area (Å²) in [6.45, 7) is 1.56. The maximum Gasteiger partial charge on any atom is 0.224 e. The fraction of sp³-hybridized carbons (Fsp3) is 0.417. The van der Waals surface area contributed by atoms with E-state index in [2.05, 4.69) is 10.6 Å². The number of hydrogen-bond donors (Lipinski definition) is 2. The Balaban J connectivity index is 1.90. The summed E-state index contributed by atoms with van der Waals surface area (Å²) < 4.78 is 5.08. The molecule has 0 saturated carbocycles. The summed E-state index contributed by atoms with van der Waals surface area (Å²) in [4.78, 5) is 11.2. The topological polar surface area (TPSA) is 50.4 Å². The summed E-state index contributed by atoms with van der Waals surface area (Å²) >= 11 is 0. The Morgan fingerprint density at radius 2 is 2.06 bits per heavy atom. The SMILES string of the molecule is CNC(=O)Cc1ccc(NC2COC2)cc1. The van der Waals surface area contributed by atoms with Crippen LogP contribution >= 0.6 is 0 Å². The van der Waals surface area contributed by atoms with Gasteiger partial charge in [0.15, 0.2) is 0 Å². The third kappa shape index (κ3) is 2.73. The van der Waals surface area contributed by atoms with E-state index < -0.39 is 0 Å². The quantitative estimate of drug-likeness (QED) is 0.788. The maximum absolute atomic E-state index is 11.2. The lowest BCUT2D eigenvalue weighted by atomic mass is 10.1. The van der Waals surface area contributed by atoms with Crippen LogP contribution in [0.15, 0.2) is 24.3 Å². The molecular weight excluding hydrogens is 204 g/mol. The average molecular weight is 220 g/mol. The predicted octanol–water partition coefficient (Wildman–Crippen LogP) is 0.786. The number of likely N-dealkylation sites (N-methyl/N-ethyl adjacent to an activating group) is 1. The van der Waals surface area contributed by atoms with Gasteiger partial charge in [0.05, 0.1) is 25.7 Å². The second-order valence-corrected chi connectivity index (χ2v) is 3.93. The van der Waals surface area contributed by atoms with Gasteiger partial charge in [-0.15, -0.1) is 0 Å². The number of rotatable bonds is 4. The third-order valence-corrected chi connectivity index (χ3v) is 2.61. The molecule has 1 aliphatic rings. The summed E-state index contributed by atoms with van der Waals surface area (Å²) in [5.41, 5.74) is 2.10. The molecule has 0 spiro atoms. The Hall–Kier alpha value is -1.55. The number of nitrogens with one attached hydrogen (secondary N) is 2. The molecule has 1 heterocycles. The first kappa shape index (κ1) is 11.0. The summed E-state index contributed by atoms with van der Waals surface area (Å²) in [5.74, 6) is 0.0353. The van der Waals surface area contributed by atoms with E-state index in [1.165, 1.54) is 0 Å². The van der Waals surface area contributed by atoms with Gasteiger partial charge in [0, 0.05) is 12.7 Å². The molecule has 1 aliphatic heterocycles. The molecule has 1 amide bonds. The van der Waals surface area contributed by atoms with Gasteiger partial charge in [-0.1, -0.05) is 12.1 Å². The highest BCUT2D eigenvalue weighted by Gasteiger charge is 2.17. The second kappa shape index (κ2) is 4.99. The minimum absolute atomic E-state index is 0.0353. The normalized spacial score (nSPS) is 15.3. The highest BCUT2D eigenvalue weighted by Crippen LogP contribution is 2.14. The molecule has 4 nitrogen and oxygen atoms in total. The number of amides is 1. The van der Waals surface area contributed by atoms with Crippen molar-refractivity contribution in [2.75, 3.05) is 25.6 Å². The zero-order valence-electron chi connectivity index (χ0n) is 9.32. The van der Waals surface area contributed by atoms with Gasteiger partial charge in [-0.05, 0) is 17.7 Å². The predicted molar refractivity (Wildman–Crippen MR) is 62.4 cm³/mol. The fourth-order valence-corrected chi connectivity index (χ4v) is 1.55. The van der Waals surface area contributed by atoms with Crippen molar-refractivity contribution in [1.82, 2.24) is 5.32 Å². The van der Waals surface area contributed by atoms with Gasteiger partial charge in [0.1, 0.15) is 0 Å². The van der Waals surface area contributed by atoms with E-state index in [0.717, 1.165) is 24.5 Å². The van der Waals surface area contributed by atoms with Crippen molar-refractivity contribution in [1.29, 1.82) is 0 Å². The Morgan fingerprint density at radius 3 is 2.56 bits per heavy atom. The van der Waals surface area contributed by atoms with Crippen LogP contribution in [0.4, 0.5) is 5.69 Å². The van der Waals surface area contributed by atoms with Crippen molar-refractivity contribution < 1.29 is 9.53 Å². The van der Waals surface area contributed by atoms with Crippen LogP contribution in [-0.2, 0) is 16.0 Å². The Kier molecular flexibility index (Phi) is 3.41. The van der Waals surface area contributed by atoms with Crippen LogP contribution in [0.5, 0.6) is 0 Å². The van der Waals surface area contributed by atoms with Crippen molar-refractivity contribution in [3.63, 3.8) is 0 Å². The molecule has 1 saturated heterocycles. The van der Waals surface area contributed by atoms with Crippen molar-refractivity contribution in [3.05, 3.63) is 29.8 Å². The lowest BCUT2D eigenvalue weighted by Gasteiger charge is -2.27. The molecule has 16 heavy (non-hydrogen) atoms. The molecule has 1 fully saturated rings. The van der Waals surface area contributed by atoms with Crippen molar-refractivity contribution in [3.8, 4) is 0 Å². The molecule has 1 aromatic carbocycles. The van der Waals surface area contributed by atoms with Crippen LogP contribution in [0.25, 0.3) is 0 Å². The van der Waals surface area contributed by atoms with E-state index >= 15 is 0 Å². The van der Waals surface area contributed by atoms with Gasteiger partial charge in [-0.2, -0.15) is 0 Å². The molecule has 2 rings (SSSR count). The number of carbonyl (C=O) groups is 1. The van der Waals surface area contributed by atoms with Crippen molar-refractivity contribution in [2.45, 2.75) is 12.5 Å². The van der Waals surface area contributed by atoms with E-state index in [-0.39, 0.29) is 5.91 Å². The number of benzene rings is 1. The van der Waals surface area contributed by atoms with Crippen LogP contribution in [0.1, 0.15) is 5.56 Å². The van der Waals surface area contributed by atoms with Gasteiger partial charge >= 0.3 is 0 Å². The minimum atomic E-state index is 0.0353.